The van der Waals surface area contributed by atoms with Gasteiger partial charge in [-0.25, -0.2) is 0 Å². The molecule has 68 valence electrons. The van der Waals surface area contributed by atoms with Crippen molar-refractivity contribution in [2.75, 3.05) is 6.61 Å². The van der Waals surface area contributed by atoms with Gasteiger partial charge in [-0.05, 0) is 25.5 Å². The lowest BCUT2D eigenvalue weighted by atomic mass is 10.2. The molecule has 1 fully saturated rings. The normalized spacial score (nSPS) is 33.5. The van der Waals surface area contributed by atoms with Crippen LogP contribution in [-0.2, 0) is 9.47 Å². The van der Waals surface area contributed by atoms with E-state index in [0.717, 1.165) is 25.2 Å². The molecule has 1 spiro atoms. The number of ether oxygens (including phenoxy) is 2. The van der Waals surface area contributed by atoms with Gasteiger partial charge in [0, 0.05) is 12.5 Å². The Hall–Kier alpha value is -1.20. The maximum absolute atomic E-state index is 5.64. The van der Waals surface area contributed by atoms with Crippen LogP contribution in [0.15, 0.2) is 24.0 Å². The molecule has 1 atom stereocenters. The van der Waals surface area contributed by atoms with Gasteiger partial charge in [-0.15, -0.1) is 5.92 Å². The third-order valence-corrected chi connectivity index (χ3v) is 2.17. The Balaban J connectivity index is 2.09. The fourth-order valence-electron chi connectivity index (χ4n) is 1.55. The summed E-state index contributed by atoms with van der Waals surface area (Å²) in [5.41, 5.74) is 0. The van der Waals surface area contributed by atoms with Gasteiger partial charge in [0.15, 0.2) is 0 Å². The van der Waals surface area contributed by atoms with Crippen LogP contribution in [0.1, 0.15) is 19.8 Å². The van der Waals surface area contributed by atoms with Crippen LogP contribution in [0.3, 0.4) is 0 Å². The fraction of sp³-hybridized carbons (Fsp3) is 0.455. The van der Waals surface area contributed by atoms with Crippen LogP contribution < -0.4 is 0 Å². The van der Waals surface area contributed by atoms with Gasteiger partial charge in [0.05, 0.1) is 6.61 Å². The Morgan fingerprint density at radius 2 is 2.54 bits per heavy atom. The van der Waals surface area contributed by atoms with Crippen molar-refractivity contribution in [2.45, 2.75) is 25.6 Å². The van der Waals surface area contributed by atoms with E-state index < -0.39 is 5.79 Å². The van der Waals surface area contributed by atoms with Crippen LogP contribution in [0.25, 0.3) is 0 Å². The molecule has 2 heterocycles. The van der Waals surface area contributed by atoms with E-state index in [-0.39, 0.29) is 0 Å². The van der Waals surface area contributed by atoms with E-state index in [1.165, 1.54) is 0 Å². The quantitative estimate of drug-likeness (QED) is 0.525. The van der Waals surface area contributed by atoms with Crippen LogP contribution in [0, 0.1) is 11.8 Å². The fourth-order valence-corrected chi connectivity index (χ4v) is 1.55. The van der Waals surface area contributed by atoms with Crippen molar-refractivity contribution in [2.24, 2.45) is 0 Å². The van der Waals surface area contributed by atoms with Gasteiger partial charge in [-0.3, -0.25) is 0 Å². The van der Waals surface area contributed by atoms with Crippen LogP contribution in [0.2, 0.25) is 0 Å². The van der Waals surface area contributed by atoms with Crippen molar-refractivity contribution < 1.29 is 9.47 Å². The Kier molecular flexibility index (Phi) is 2.12. The van der Waals surface area contributed by atoms with Gasteiger partial charge in [-0.1, -0.05) is 5.92 Å². The summed E-state index contributed by atoms with van der Waals surface area (Å²) < 4.78 is 11.2. The van der Waals surface area contributed by atoms with Gasteiger partial charge in [-0.2, -0.15) is 0 Å². The van der Waals surface area contributed by atoms with Crippen LogP contribution in [0.5, 0.6) is 0 Å². The van der Waals surface area contributed by atoms with Crippen molar-refractivity contribution in [3.63, 3.8) is 0 Å². The Bertz CT molecular complexity index is 309. The molecular weight excluding hydrogens is 164 g/mol. The first-order valence-electron chi connectivity index (χ1n) is 4.49. The predicted octanol–water partition coefficient (Wildman–Crippen LogP) is 1.99. The monoisotopic (exact) mass is 176 g/mol. The van der Waals surface area contributed by atoms with Gasteiger partial charge in [0.1, 0.15) is 5.76 Å². The highest BCUT2D eigenvalue weighted by atomic mass is 16.7. The highest BCUT2D eigenvalue weighted by Crippen LogP contribution is 2.35. The molecule has 0 aromatic rings. The second-order valence-electron chi connectivity index (χ2n) is 3.14. The smallest absolute Gasteiger partial charge is 0.230 e. The molecule has 0 amide bonds. The van der Waals surface area contributed by atoms with Crippen molar-refractivity contribution in [3.05, 3.63) is 24.0 Å². The molecule has 2 heteroatoms. The number of hydrogen-bond donors (Lipinski definition) is 0. The minimum absolute atomic E-state index is 0.457. The minimum atomic E-state index is -0.457. The molecular formula is C11H12O2. The molecule has 0 aromatic heterocycles. The largest absolute Gasteiger partial charge is 0.458 e. The maximum atomic E-state index is 5.64. The Morgan fingerprint density at radius 1 is 1.62 bits per heavy atom. The lowest BCUT2D eigenvalue weighted by Crippen LogP contribution is -2.24. The Morgan fingerprint density at radius 3 is 3.23 bits per heavy atom. The van der Waals surface area contributed by atoms with E-state index in [1.807, 2.05) is 12.2 Å². The third kappa shape index (κ3) is 1.61. The van der Waals surface area contributed by atoms with Gasteiger partial charge in [0.2, 0.25) is 5.79 Å². The molecule has 1 saturated heterocycles. The van der Waals surface area contributed by atoms with Crippen LogP contribution in [-0.4, -0.2) is 12.4 Å². The first-order chi connectivity index (χ1) is 6.35. The SMILES string of the molecule is CC#CC=C1C=CC2(CCCO2)O1. The van der Waals surface area contributed by atoms with Crippen LogP contribution >= 0.6 is 0 Å². The van der Waals surface area contributed by atoms with Crippen LogP contribution in [0.4, 0.5) is 0 Å². The summed E-state index contributed by atoms with van der Waals surface area (Å²) in [6, 6.07) is 0. The zero-order valence-electron chi connectivity index (χ0n) is 7.67. The lowest BCUT2D eigenvalue weighted by Gasteiger charge is -2.20. The summed E-state index contributed by atoms with van der Waals surface area (Å²) in [6.07, 6.45) is 7.68. The first kappa shape index (κ1) is 8.40. The molecule has 0 saturated carbocycles. The molecule has 13 heavy (non-hydrogen) atoms. The summed E-state index contributed by atoms with van der Waals surface area (Å²) in [5.74, 6) is 5.99. The summed E-state index contributed by atoms with van der Waals surface area (Å²) in [7, 11) is 0. The highest BCUT2D eigenvalue weighted by molar-refractivity contribution is 5.29. The zero-order chi connectivity index (χ0) is 9.15. The molecule has 2 nitrogen and oxygen atoms in total. The lowest BCUT2D eigenvalue weighted by molar-refractivity contribution is -0.135. The van der Waals surface area contributed by atoms with Crippen molar-refractivity contribution >= 4 is 0 Å². The average molecular weight is 176 g/mol. The van der Waals surface area contributed by atoms with Gasteiger partial charge < -0.3 is 9.47 Å². The second-order valence-corrected chi connectivity index (χ2v) is 3.14. The predicted molar refractivity (Wildman–Crippen MR) is 49.7 cm³/mol. The highest BCUT2D eigenvalue weighted by Gasteiger charge is 2.38. The molecule has 0 bridgehead atoms. The number of allylic oxidation sites excluding steroid dienone is 2. The number of hydrogen-bond acceptors (Lipinski definition) is 2. The van der Waals surface area contributed by atoms with Gasteiger partial charge in [0.25, 0.3) is 0 Å². The summed E-state index contributed by atoms with van der Waals surface area (Å²) in [6.45, 7) is 2.59. The summed E-state index contributed by atoms with van der Waals surface area (Å²) >= 11 is 0. The average Bonchev–Trinajstić information content (AvgIpc) is 2.74. The molecule has 0 aromatic carbocycles. The molecule has 2 rings (SSSR count). The van der Waals surface area contributed by atoms with Gasteiger partial charge >= 0.3 is 0 Å². The van der Waals surface area contributed by atoms with Crippen molar-refractivity contribution in [3.8, 4) is 11.8 Å². The van der Waals surface area contributed by atoms with E-state index in [1.54, 1.807) is 13.0 Å². The molecule has 1 unspecified atom stereocenters. The third-order valence-electron chi connectivity index (χ3n) is 2.17. The second kappa shape index (κ2) is 3.27. The van der Waals surface area contributed by atoms with E-state index >= 15 is 0 Å². The molecule has 2 aliphatic rings. The van der Waals surface area contributed by atoms with E-state index in [2.05, 4.69) is 11.8 Å². The summed E-state index contributed by atoms with van der Waals surface area (Å²) in [5, 5.41) is 0. The molecule has 0 N–H and O–H groups in total. The molecule has 0 aliphatic carbocycles. The summed E-state index contributed by atoms with van der Waals surface area (Å²) in [4.78, 5) is 0. The molecule has 2 aliphatic heterocycles. The minimum Gasteiger partial charge on any atom is -0.458 e. The standard InChI is InChI=1S/C11H12O2/c1-2-3-5-10-6-8-11(13-10)7-4-9-12-11/h5-6,8H,4,7,9H2,1H3. The zero-order valence-corrected chi connectivity index (χ0v) is 7.67. The van der Waals surface area contributed by atoms with E-state index in [0.29, 0.717) is 0 Å². The van der Waals surface area contributed by atoms with Crippen molar-refractivity contribution in [1.82, 2.24) is 0 Å². The first-order valence-corrected chi connectivity index (χ1v) is 4.49. The van der Waals surface area contributed by atoms with E-state index in [4.69, 9.17) is 9.47 Å². The number of rotatable bonds is 0. The molecule has 0 radical (unpaired) electrons. The maximum Gasteiger partial charge on any atom is 0.230 e. The van der Waals surface area contributed by atoms with Crippen molar-refractivity contribution in [1.29, 1.82) is 0 Å². The topological polar surface area (TPSA) is 18.5 Å². The Labute approximate surface area is 78.2 Å². The van der Waals surface area contributed by atoms with E-state index in [9.17, 15) is 0 Å².